The third kappa shape index (κ3) is 3.70. The van der Waals surface area contributed by atoms with Gasteiger partial charge in [-0.2, -0.15) is 0 Å². The van der Waals surface area contributed by atoms with Gasteiger partial charge in [-0.15, -0.1) is 0 Å². The molecule has 1 aliphatic rings. The van der Waals surface area contributed by atoms with E-state index in [0.29, 0.717) is 25.6 Å². The van der Waals surface area contributed by atoms with Crippen molar-refractivity contribution >= 4 is 0 Å². The van der Waals surface area contributed by atoms with E-state index < -0.39 is 0 Å². The monoisotopic (exact) mass is 412 g/mol. The fourth-order valence-electron chi connectivity index (χ4n) is 3.87. The van der Waals surface area contributed by atoms with Crippen molar-refractivity contribution in [1.82, 2.24) is 19.5 Å². The van der Waals surface area contributed by atoms with E-state index in [0.717, 1.165) is 17.3 Å². The minimum Gasteiger partial charge on any atom is -0.487 e. The SMILES string of the molecule is Cc1ccc(C2(c3ccc(OCc4ccnc(-c5nccn5C)n4)cc3)COC2)cc1. The molecule has 3 heterocycles. The van der Waals surface area contributed by atoms with Crippen molar-refractivity contribution < 1.29 is 9.47 Å². The quantitative estimate of drug-likeness (QED) is 0.478. The Morgan fingerprint density at radius 1 is 0.935 bits per heavy atom. The summed E-state index contributed by atoms with van der Waals surface area (Å²) in [6, 6.07) is 18.9. The summed E-state index contributed by atoms with van der Waals surface area (Å²) in [5.41, 5.74) is 4.53. The van der Waals surface area contributed by atoms with Gasteiger partial charge in [-0.3, -0.25) is 0 Å². The lowest BCUT2D eigenvalue weighted by molar-refractivity contribution is -0.0380. The second-order valence-corrected chi connectivity index (χ2v) is 7.99. The van der Waals surface area contributed by atoms with Crippen LogP contribution in [0, 0.1) is 6.92 Å². The summed E-state index contributed by atoms with van der Waals surface area (Å²) in [5.74, 6) is 2.13. The molecule has 0 aliphatic carbocycles. The second kappa shape index (κ2) is 7.96. The Kier molecular flexibility index (Phi) is 5.00. The molecular formula is C25H24N4O2. The lowest BCUT2D eigenvalue weighted by atomic mass is 9.73. The Hall–Kier alpha value is -3.51. The highest BCUT2D eigenvalue weighted by Crippen LogP contribution is 2.39. The van der Waals surface area contributed by atoms with Gasteiger partial charge in [0.15, 0.2) is 11.6 Å². The zero-order chi connectivity index (χ0) is 21.3. The van der Waals surface area contributed by atoms with E-state index in [1.165, 1.54) is 16.7 Å². The van der Waals surface area contributed by atoms with E-state index in [1.807, 2.05) is 36.0 Å². The van der Waals surface area contributed by atoms with Crippen molar-refractivity contribution in [3.8, 4) is 17.4 Å². The Morgan fingerprint density at radius 3 is 2.26 bits per heavy atom. The van der Waals surface area contributed by atoms with Gasteiger partial charge < -0.3 is 14.0 Å². The van der Waals surface area contributed by atoms with E-state index in [4.69, 9.17) is 9.47 Å². The highest BCUT2D eigenvalue weighted by atomic mass is 16.5. The predicted octanol–water partition coefficient (Wildman–Crippen LogP) is 4.08. The van der Waals surface area contributed by atoms with Crippen molar-refractivity contribution in [2.75, 3.05) is 13.2 Å². The largest absolute Gasteiger partial charge is 0.487 e. The van der Waals surface area contributed by atoms with Gasteiger partial charge in [-0.25, -0.2) is 15.0 Å². The number of hydrogen-bond donors (Lipinski definition) is 0. The van der Waals surface area contributed by atoms with Gasteiger partial charge in [0.25, 0.3) is 0 Å². The molecule has 0 unspecified atom stereocenters. The van der Waals surface area contributed by atoms with Gasteiger partial charge in [-0.05, 0) is 36.2 Å². The molecule has 5 rings (SSSR count). The van der Waals surface area contributed by atoms with Crippen molar-refractivity contribution in [2.24, 2.45) is 7.05 Å². The zero-order valence-electron chi connectivity index (χ0n) is 17.7. The average Bonchev–Trinajstić information content (AvgIpc) is 3.20. The van der Waals surface area contributed by atoms with Crippen LogP contribution in [0.2, 0.25) is 0 Å². The fraction of sp³-hybridized carbons (Fsp3) is 0.240. The molecule has 156 valence electrons. The molecule has 6 heteroatoms. The van der Waals surface area contributed by atoms with Crippen molar-refractivity contribution in [1.29, 1.82) is 0 Å². The normalized spacial score (nSPS) is 14.8. The van der Waals surface area contributed by atoms with Crippen LogP contribution in [-0.2, 0) is 23.8 Å². The van der Waals surface area contributed by atoms with Crippen LogP contribution in [0.15, 0.2) is 73.2 Å². The lowest BCUT2D eigenvalue weighted by Crippen LogP contribution is -2.47. The van der Waals surface area contributed by atoms with Crippen molar-refractivity contribution in [3.05, 3.63) is 95.6 Å². The molecule has 31 heavy (non-hydrogen) atoms. The molecule has 1 aliphatic heterocycles. The second-order valence-electron chi connectivity index (χ2n) is 7.99. The highest BCUT2D eigenvalue weighted by molar-refractivity contribution is 5.45. The molecule has 0 spiro atoms. The van der Waals surface area contributed by atoms with E-state index in [2.05, 4.69) is 58.3 Å². The van der Waals surface area contributed by atoms with Gasteiger partial charge in [0.05, 0.1) is 24.3 Å². The van der Waals surface area contributed by atoms with E-state index in [1.54, 1.807) is 12.4 Å². The van der Waals surface area contributed by atoms with Crippen LogP contribution in [0.4, 0.5) is 0 Å². The number of benzene rings is 2. The first kappa shape index (κ1) is 19.5. The van der Waals surface area contributed by atoms with E-state index in [9.17, 15) is 0 Å². The number of aryl methyl sites for hydroxylation is 2. The molecule has 6 nitrogen and oxygen atoms in total. The summed E-state index contributed by atoms with van der Waals surface area (Å²) in [5, 5.41) is 0. The first-order valence-electron chi connectivity index (χ1n) is 10.3. The molecule has 2 aromatic carbocycles. The molecule has 0 radical (unpaired) electrons. The molecular weight excluding hydrogens is 388 g/mol. The molecule has 4 aromatic rings. The molecule has 0 N–H and O–H groups in total. The maximum absolute atomic E-state index is 5.99. The van der Waals surface area contributed by atoms with Gasteiger partial charge in [-0.1, -0.05) is 42.0 Å². The first-order valence-corrected chi connectivity index (χ1v) is 10.3. The van der Waals surface area contributed by atoms with Crippen LogP contribution in [0.1, 0.15) is 22.4 Å². The summed E-state index contributed by atoms with van der Waals surface area (Å²) in [6.07, 6.45) is 5.35. The maximum Gasteiger partial charge on any atom is 0.196 e. The van der Waals surface area contributed by atoms with Crippen LogP contribution in [0.25, 0.3) is 11.6 Å². The van der Waals surface area contributed by atoms with Gasteiger partial charge in [0, 0.05) is 25.6 Å². The first-order chi connectivity index (χ1) is 15.1. The molecule has 1 saturated heterocycles. The Bertz CT molecular complexity index is 1180. The standard InChI is InChI=1S/C25H24N4O2/c1-18-3-5-19(6-4-18)25(16-30-17-25)20-7-9-22(10-8-20)31-15-21-11-12-26-23(28-21)24-27-13-14-29(24)2/h3-14H,15-17H2,1-2H3. The summed E-state index contributed by atoms with van der Waals surface area (Å²) in [7, 11) is 1.92. The summed E-state index contributed by atoms with van der Waals surface area (Å²) < 4.78 is 13.5. The minimum atomic E-state index is -0.0736. The molecule has 0 amide bonds. The zero-order valence-corrected chi connectivity index (χ0v) is 17.7. The van der Waals surface area contributed by atoms with Crippen molar-refractivity contribution in [3.63, 3.8) is 0 Å². The van der Waals surface area contributed by atoms with Crippen molar-refractivity contribution in [2.45, 2.75) is 18.9 Å². The molecule has 0 saturated carbocycles. The third-order valence-corrected chi connectivity index (χ3v) is 5.83. The summed E-state index contributed by atoms with van der Waals surface area (Å²) in [6.45, 7) is 3.88. The lowest BCUT2D eigenvalue weighted by Gasteiger charge is -2.42. The molecule has 1 fully saturated rings. The van der Waals surface area contributed by atoms with Gasteiger partial charge in [0.1, 0.15) is 12.4 Å². The smallest absolute Gasteiger partial charge is 0.196 e. The van der Waals surface area contributed by atoms with Crippen LogP contribution in [-0.4, -0.2) is 32.7 Å². The van der Waals surface area contributed by atoms with E-state index in [-0.39, 0.29) is 5.41 Å². The van der Waals surface area contributed by atoms with Gasteiger partial charge in [0.2, 0.25) is 0 Å². The van der Waals surface area contributed by atoms with E-state index >= 15 is 0 Å². The number of rotatable bonds is 6. The Labute approximate surface area is 181 Å². The summed E-state index contributed by atoms with van der Waals surface area (Å²) in [4.78, 5) is 13.2. The Morgan fingerprint density at radius 2 is 1.65 bits per heavy atom. The van der Waals surface area contributed by atoms with Gasteiger partial charge >= 0.3 is 0 Å². The number of hydrogen-bond acceptors (Lipinski definition) is 5. The maximum atomic E-state index is 5.99. The van der Waals surface area contributed by atoms with Crippen LogP contribution in [0.3, 0.4) is 0 Å². The average molecular weight is 412 g/mol. The van der Waals surface area contributed by atoms with Crippen LogP contribution >= 0.6 is 0 Å². The Balaban J connectivity index is 1.30. The number of aromatic nitrogens is 4. The number of imidazole rings is 1. The fourth-order valence-corrected chi connectivity index (χ4v) is 3.87. The topological polar surface area (TPSA) is 62.1 Å². The predicted molar refractivity (Wildman–Crippen MR) is 118 cm³/mol. The molecule has 0 atom stereocenters. The number of nitrogens with zero attached hydrogens (tertiary/aromatic N) is 4. The minimum absolute atomic E-state index is 0.0736. The highest BCUT2D eigenvalue weighted by Gasteiger charge is 2.41. The molecule has 2 aromatic heterocycles. The van der Waals surface area contributed by atoms with Crippen LogP contribution in [0.5, 0.6) is 5.75 Å². The third-order valence-electron chi connectivity index (χ3n) is 5.83. The molecule has 0 bridgehead atoms. The number of ether oxygens (including phenoxy) is 2. The summed E-state index contributed by atoms with van der Waals surface area (Å²) >= 11 is 0. The van der Waals surface area contributed by atoms with Crippen LogP contribution < -0.4 is 4.74 Å².